The molecule has 3 aliphatic rings. The zero-order valence-corrected chi connectivity index (χ0v) is 21.2. The van der Waals surface area contributed by atoms with Crippen LogP contribution >= 0.6 is 0 Å². The SMILES string of the molecule is CC(O)C(=O)NC1CC2(C1)CC(Nc1cc(C(=O)NC[C@H](O)CN3CCc4ccccc4C3)ncn1)C2. The molecule has 2 saturated carbocycles. The largest absolute Gasteiger partial charge is 0.390 e. The first-order chi connectivity index (χ1) is 17.8. The molecule has 198 valence electrons. The molecule has 2 atom stereocenters. The van der Waals surface area contributed by atoms with Gasteiger partial charge in [0.15, 0.2) is 0 Å². The Kier molecular flexibility index (Phi) is 7.41. The van der Waals surface area contributed by atoms with Crippen LogP contribution in [-0.2, 0) is 17.8 Å². The molecule has 1 aromatic carbocycles. The summed E-state index contributed by atoms with van der Waals surface area (Å²) in [6.45, 7) is 3.82. The van der Waals surface area contributed by atoms with Crippen LogP contribution in [0.4, 0.5) is 5.82 Å². The second kappa shape index (κ2) is 10.7. The van der Waals surface area contributed by atoms with Crippen molar-refractivity contribution in [3.8, 4) is 0 Å². The third-order valence-electron chi connectivity index (χ3n) is 7.87. The molecular weight excluding hydrogens is 472 g/mol. The van der Waals surface area contributed by atoms with E-state index in [1.54, 1.807) is 6.07 Å². The summed E-state index contributed by atoms with van der Waals surface area (Å²) < 4.78 is 0. The van der Waals surface area contributed by atoms with Crippen LogP contribution in [0.15, 0.2) is 36.7 Å². The summed E-state index contributed by atoms with van der Waals surface area (Å²) in [6.07, 6.45) is 4.50. The first-order valence-electron chi connectivity index (χ1n) is 13.1. The lowest BCUT2D eigenvalue weighted by Gasteiger charge is -2.58. The van der Waals surface area contributed by atoms with Crippen molar-refractivity contribution in [2.75, 3.05) is 25.0 Å². The molecule has 2 fully saturated rings. The molecule has 2 aliphatic carbocycles. The molecular formula is C27H36N6O4. The van der Waals surface area contributed by atoms with E-state index in [4.69, 9.17) is 0 Å². The number of benzene rings is 1. The van der Waals surface area contributed by atoms with E-state index in [1.807, 2.05) is 6.07 Å². The highest BCUT2D eigenvalue weighted by Gasteiger charge is 2.53. The summed E-state index contributed by atoms with van der Waals surface area (Å²) in [4.78, 5) is 34.9. The lowest BCUT2D eigenvalue weighted by molar-refractivity contribution is -0.132. The van der Waals surface area contributed by atoms with E-state index in [-0.39, 0.29) is 41.6 Å². The van der Waals surface area contributed by atoms with Gasteiger partial charge in [-0.1, -0.05) is 24.3 Å². The summed E-state index contributed by atoms with van der Waals surface area (Å²) in [5.41, 5.74) is 3.16. The van der Waals surface area contributed by atoms with Crippen molar-refractivity contribution in [1.29, 1.82) is 0 Å². The second-order valence-corrected chi connectivity index (χ2v) is 10.9. The van der Waals surface area contributed by atoms with Gasteiger partial charge in [0.25, 0.3) is 5.91 Å². The highest BCUT2D eigenvalue weighted by atomic mass is 16.3. The van der Waals surface area contributed by atoms with Crippen LogP contribution in [0.3, 0.4) is 0 Å². The number of anilines is 1. The number of aliphatic hydroxyl groups is 2. The van der Waals surface area contributed by atoms with Crippen molar-refractivity contribution >= 4 is 17.6 Å². The number of carbonyl (C=O) groups is 2. The normalized spacial score (nSPS) is 26.2. The maximum atomic E-state index is 12.7. The number of aliphatic hydroxyl groups excluding tert-OH is 2. The van der Waals surface area contributed by atoms with Gasteiger partial charge in [-0.15, -0.1) is 0 Å². The number of amides is 2. The van der Waals surface area contributed by atoms with Gasteiger partial charge in [0.1, 0.15) is 23.9 Å². The van der Waals surface area contributed by atoms with Crippen LogP contribution in [0.25, 0.3) is 0 Å². The fraction of sp³-hybridized carbons (Fsp3) is 0.556. The number of hydrogen-bond donors (Lipinski definition) is 5. The number of fused-ring (bicyclic) bond motifs is 1. The number of nitrogens with zero attached hydrogens (tertiary/aromatic N) is 3. The van der Waals surface area contributed by atoms with Gasteiger partial charge in [-0.05, 0) is 55.6 Å². The number of nitrogens with one attached hydrogen (secondary N) is 3. The number of rotatable bonds is 9. The minimum absolute atomic E-state index is 0.137. The molecule has 1 unspecified atom stereocenters. The molecule has 5 rings (SSSR count). The molecule has 1 aliphatic heterocycles. The van der Waals surface area contributed by atoms with Gasteiger partial charge < -0.3 is 26.2 Å². The van der Waals surface area contributed by atoms with Gasteiger partial charge in [0, 0.05) is 44.3 Å². The Labute approximate surface area is 216 Å². The average molecular weight is 509 g/mol. The molecule has 5 N–H and O–H groups in total. The highest BCUT2D eigenvalue weighted by molar-refractivity contribution is 5.92. The van der Waals surface area contributed by atoms with Gasteiger partial charge in [-0.3, -0.25) is 14.5 Å². The molecule has 10 nitrogen and oxygen atoms in total. The van der Waals surface area contributed by atoms with E-state index in [0.29, 0.717) is 12.4 Å². The molecule has 2 amide bonds. The van der Waals surface area contributed by atoms with E-state index >= 15 is 0 Å². The fourth-order valence-corrected chi connectivity index (χ4v) is 5.97. The number of hydrogen-bond acceptors (Lipinski definition) is 8. The predicted octanol–water partition coefficient (Wildman–Crippen LogP) is 0.846. The molecule has 10 heteroatoms. The van der Waals surface area contributed by atoms with Crippen LogP contribution < -0.4 is 16.0 Å². The van der Waals surface area contributed by atoms with Gasteiger partial charge in [-0.25, -0.2) is 9.97 Å². The van der Waals surface area contributed by atoms with Crippen LogP contribution in [-0.4, -0.2) is 80.8 Å². The molecule has 0 saturated heterocycles. The monoisotopic (exact) mass is 508 g/mol. The Hall–Kier alpha value is -3.08. The molecule has 2 aromatic rings. The zero-order chi connectivity index (χ0) is 26.0. The molecule has 37 heavy (non-hydrogen) atoms. The van der Waals surface area contributed by atoms with Crippen molar-refractivity contribution in [2.45, 2.75) is 69.9 Å². The Morgan fingerprint density at radius 2 is 1.84 bits per heavy atom. The molecule has 0 bridgehead atoms. The van der Waals surface area contributed by atoms with E-state index in [9.17, 15) is 19.8 Å². The lowest BCUT2D eigenvalue weighted by Crippen LogP contribution is -2.59. The second-order valence-electron chi connectivity index (χ2n) is 10.9. The maximum Gasteiger partial charge on any atom is 0.270 e. The van der Waals surface area contributed by atoms with Crippen LogP contribution in [0, 0.1) is 5.41 Å². The standard InChI is InChI=1S/C27H36N6O4/c1-17(34)25(36)32-21-11-27(12-21)9-20(10-27)31-24-8-23(29-16-30-24)26(37)28-13-22(35)15-33-7-6-18-4-2-3-5-19(18)14-33/h2-5,8,16-17,20-22,34-35H,6-7,9-15H2,1H3,(H,28,37)(H,32,36)(H,29,30,31)/t17?,20?,21?,22-,27?/m0/s1. The topological polar surface area (TPSA) is 140 Å². The average Bonchev–Trinajstić information content (AvgIpc) is 2.84. The van der Waals surface area contributed by atoms with Crippen LogP contribution in [0.1, 0.15) is 54.2 Å². The first kappa shape index (κ1) is 25.6. The third kappa shape index (κ3) is 6.08. The molecule has 2 heterocycles. The van der Waals surface area contributed by atoms with E-state index < -0.39 is 12.2 Å². The van der Waals surface area contributed by atoms with Crippen molar-refractivity contribution < 1.29 is 19.8 Å². The van der Waals surface area contributed by atoms with Gasteiger partial charge in [-0.2, -0.15) is 0 Å². The molecule has 0 radical (unpaired) electrons. The summed E-state index contributed by atoms with van der Waals surface area (Å²) in [5.74, 6) is -0.0505. The van der Waals surface area contributed by atoms with Gasteiger partial charge >= 0.3 is 0 Å². The van der Waals surface area contributed by atoms with E-state index in [1.165, 1.54) is 24.4 Å². The van der Waals surface area contributed by atoms with Crippen molar-refractivity contribution in [3.63, 3.8) is 0 Å². The summed E-state index contributed by atoms with van der Waals surface area (Å²) in [5, 5.41) is 28.9. The minimum atomic E-state index is -0.979. The zero-order valence-electron chi connectivity index (χ0n) is 21.2. The van der Waals surface area contributed by atoms with Crippen LogP contribution in [0.5, 0.6) is 0 Å². The third-order valence-corrected chi connectivity index (χ3v) is 7.87. The predicted molar refractivity (Wildman–Crippen MR) is 138 cm³/mol. The lowest BCUT2D eigenvalue weighted by atomic mass is 9.52. The quantitative estimate of drug-likeness (QED) is 0.336. The van der Waals surface area contributed by atoms with Crippen molar-refractivity contribution in [3.05, 3.63) is 53.5 Å². The summed E-state index contributed by atoms with van der Waals surface area (Å²) in [7, 11) is 0. The van der Waals surface area contributed by atoms with Crippen LogP contribution in [0.2, 0.25) is 0 Å². The smallest absolute Gasteiger partial charge is 0.270 e. The van der Waals surface area contributed by atoms with Crippen molar-refractivity contribution in [2.24, 2.45) is 5.41 Å². The summed E-state index contributed by atoms with van der Waals surface area (Å²) >= 11 is 0. The van der Waals surface area contributed by atoms with Crippen molar-refractivity contribution in [1.82, 2.24) is 25.5 Å². The first-order valence-corrected chi connectivity index (χ1v) is 13.1. The highest BCUT2D eigenvalue weighted by Crippen LogP contribution is 2.56. The molecule has 1 aromatic heterocycles. The van der Waals surface area contributed by atoms with E-state index in [2.05, 4.69) is 49.0 Å². The Morgan fingerprint density at radius 1 is 1.11 bits per heavy atom. The number of aromatic nitrogens is 2. The maximum absolute atomic E-state index is 12.7. The molecule has 1 spiro atoms. The minimum Gasteiger partial charge on any atom is -0.390 e. The number of β-amino-alcohol motifs (C(OH)–C–C–N with tert-alkyl or cyclic N) is 1. The van der Waals surface area contributed by atoms with Gasteiger partial charge in [0.2, 0.25) is 5.91 Å². The Morgan fingerprint density at radius 3 is 2.59 bits per heavy atom. The van der Waals surface area contributed by atoms with Gasteiger partial charge in [0.05, 0.1) is 6.10 Å². The number of carbonyl (C=O) groups excluding carboxylic acids is 2. The summed E-state index contributed by atoms with van der Waals surface area (Å²) in [6, 6.07) is 10.4. The Balaban J connectivity index is 1.03. The van der Waals surface area contributed by atoms with E-state index in [0.717, 1.165) is 45.2 Å². The fourth-order valence-electron chi connectivity index (χ4n) is 5.97. The Bertz CT molecular complexity index is 1130.